The Bertz CT molecular complexity index is 776. The van der Waals surface area contributed by atoms with Crippen molar-refractivity contribution in [3.05, 3.63) is 53.2 Å². The summed E-state index contributed by atoms with van der Waals surface area (Å²) in [4.78, 5) is 20.0. The summed E-state index contributed by atoms with van der Waals surface area (Å²) in [6.45, 7) is 6.18. The average Bonchev–Trinajstić information content (AvgIpc) is 3.41. The van der Waals surface area contributed by atoms with Crippen LogP contribution in [0.4, 0.5) is 0 Å². The Labute approximate surface area is 166 Å². The molecule has 0 aromatic carbocycles. The van der Waals surface area contributed by atoms with Crippen molar-refractivity contribution in [2.45, 2.75) is 51.2 Å². The van der Waals surface area contributed by atoms with Gasteiger partial charge in [0, 0.05) is 24.8 Å². The molecule has 0 aliphatic carbocycles. The van der Waals surface area contributed by atoms with Gasteiger partial charge in [-0.2, -0.15) is 0 Å². The molecule has 150 valence electrons. The lowest BCUT2D eigenvalue weighted by atomic mass is 9.89. The second-order valence-corrected chi connectivity index (χ2v) is 7.86. The van der Waals surface area contributed by atoms with E-state index in [-0.39, 0.29) is 12.0 Å². The molecule has 1 amide bonds. The molecule has 1 N–H and O–H groups in total. The maximum atomic E-state index is 12.8. The number of pyridine rings is 1. The van der Waals surface area contributed by atoms with Gasteiger partial charge in [-0.3, -0.25) is 14.7 Å². The maximum Gasteiger partial charge on any atom is 0.253 e. The van der Waals surface area contributed by atoms with Gasteiger partial charge in [0.2, 0.25) is 0 Å². The number of piperidine rings is 1. The Morgan fingerprint density at radius 3 is 2.82 bits per heavy atom. The zero-order valence-electron chi connectivity index (χ0n) is 16.5. The number of nitrogens with one attached hydrogen (secondary N) is 1. The van der Waals surface area contributed by atoms with E-state index in [1.807, 2.05) is 31.2 Å². The fourth-order valence-corrected chi connectivity index (χ4v) is 4.17. The second-order valence-electron chi connectivity index (χ2n) is 7.86. The largest absolute Gasteiger partial charge is 0.468 e. The third-order valence-corrected chi connectivity index (χ3v) is 5.76. The van der Waals surface area contributed by atoms with Gasteiger partial charge in [-0.15, -0.1) is 0 Å². The highest BCUT2D eigenvalue weighted by molar-refractivity contribution is 5.95. The van der Waals surface area contributed by atoms with Crippen molar-refractivity contribution in [3.8, 4) is 0 Å². The quantitative estimate of drug-likeness (QED) is 0.829. The zero-order valence-corrected chi connectivity index (χ0v) is 16.5. The minimum atomic E-state index is -0.0315. The van der Waals surface area contributed by atoms with Crippen LogP contribution in [0, 0.1) is 6.92 Å². The number of carbonyl (C=O) groups is 1. The number of rotatable bonds is 6. The van der Waals surface area contributed by atoms with E-state index in [2.05, 4.69) is 10.2 Å². The molecule has 2 aromatic heterocycles. The van der Waals surface area contributed by atoms with Crippen molar-refractivity contribution in [2.24, 2.45) is 0 Å². The Kier molecular flexibility index (Phi) is 6.07. The van der Waals surface area contributed by atoms with Crippen LogP contribution in [0.3, 0.4) is 0 Å². The number of nitrogens with zero attached hydrogens (tertiary/aromatic N) is 2. The molecule has 2 aliphatic heterocycles. The first-order chi connectivity index (χ1) is 13.7. The molecule has 1 atom stereocenters. The van der Waals surface area contributed by atoms with Crippen LogP contribution in [0.25, 0.3) is 0 Å². The maximum absolute atomic E-state index is 12.8. The molecule has 0 saturated carbocycles. The summed E-state index contributed by atoms with van der Waals surface area (Å²) in [5, 5.41) is 3.05. The number of ether oxygens (including phenoxy) is 1. The molecule has 6 heteroatoms. The summed E-state index contributed by atoms with van der Waals surface area (Å²) in [6.07, 6.45) is 5.98. The van der Waals surface area contributed by atoms with E-state index in [1.165, 1.54) is 0 Å². The van der Waals surface area contributed by atoms with Gasteiger partial charge in [0.15, 0.2) is 0 Å². The Morgan fingerprint density at radius 1 is 1.25 bits per heavy atom. The van der Waals surface area contributed by atoms with Crippen LogP contribution in [0.15, 0.2) is 34.9 Å². The predicted octanol–water partition coefficient (Wildman–Crippen LogP) is 3.27. The van der Waals surface area contributed by atoms with Crippen molar-refractivity contribution in [2.75, 3.05) is 26.2 Å². The van der Waals surface area contributed by atoms with E-state index in [0.717, 1.165) is 69.1 Å². The molecular weight excluding hydrogens is 354 g/mol. The highest BCUT2D eigenvalue weighted by Gasteiger charge is 2.27. The molecule has 2 fully saturated rings. The third kappa shape index (κ3) is 4.62. The zero-order chi connectivity index (χ0) is 19.3. The first kappa shape index (κ1) is 19.2. The van der Waals surface area contributed by atoms with Crippen molar-refractivity contribution in [3.63, 3.8) is 0 Å². The van der Waals surface area contributed by atoms with Crippen LogP contribution in [-0.2, 0) is 11.3 Å². The van der Waals surface area contributed by atoms with E-state index in [0.29, 0.717) is 18.0 Å². The lowest BCUT2D eigenvalue weighted by molar-refractivity contribution is 0.0855. The Balaban J connectivity index is 1.39. The SMILES string of the molecule is Cc1ccc(C(=O)NCC2CCCO2)c(C2CCN(Cc3ccco3)CC2)n1. The molecule has 2 saturated heterocycles. The topological polar surface area (TPSA) is 67.6 Å². The monoisotopic (exact) mass is 383 g/mol. The summed E-state index contributed by atoms with van der Waals surface area (Å²) in [7, 11) is 0. The van der Waals surface area contributed by atoms with Gasteiger partial charge in [-0.25, -0.2) is 0 Å². The van der Waals surface area contributed by atoms with Crippen LogP contribution in [0.2, 0.25) is 0 Å². The van der Waals surface area contributed by atoms with Gasteiger partial charge in [-0.05, 0) is 70.0 Å². The minimum Gasteiger partial charge on any atom is -0.468 e. The number of hydrogen-bond acceptors (Lipinski definition) is 5. The van der Waals surface area contributed by atoms with Crippen LogP contribution in [0.5, 0.6) is 0 Å². The van der Waals surface area contributed by atoms with E-state index in [4.69, 9.17) is 14.1 Å². The minimum absolute atomic E-state index is 0.0315. The van der Waals surface area contributed by atoms with Gasteiger partial charge in [0.05, 0.1) is 30.2 Å². The first-order valence-corrected chi connectivity index (χ1v) is 10.3. The molecule has 28 heavy (non-hydrogen) atoms. The van der Waals surface area contributed by atoms with Gasteiger partial charge in [-0.1, -0.05) is 0 Å². The molecule has 2 aliphatic rings. The van der Waals surface area contributed by atoms with Crippen molar-refractivity contribution >= 4 is 5.91 Å². The molecule has 0 radical (unpaired) electrons. The highest BCUT2D eigenvalue weighted by atomic mass is 16.5. The summed E-state index contributed by atoms with van der Waals surface area (Å²) in [5.74, 6) is 1.29. The summed E-state index contributed by atoms with van der Waals surface area (Å²) >= 11 is 0. The molecule has 6 nitrogen and oxygen atoms in total. The van der Waals surface area contributed by atoms with Gasteiger partial charge in [0.1, 0.15) is 5.76 Å². The van der Waals surface area contributed by atoms with Gasteiger partial charge in [0.25, 0.3) is 5.91 Å². The van der Waals surface area contributed by atoms with Crippen LogP contribution in [0.1, 0.15) is 59.1 Å². The number of furan rings is 1. The predicted molar refractivity (Wildman–Crippen MR) is 106 cm³/mol. The molecule has 4 heterocycles. The number of amides is 1. The van der Waals surface area contributed by atoms with Gasteiger partial charge >= 0.3 is 0 Å². The average molecular weight is 383 g/mol. The fourth-order valence-electron chi connectivity index (χ4n) is 4.17. The number of aromatic nitrogens is 1. The normalized spacial score (nSPS) is 21.1. The van der Waals surface area contributed by atoms with E-state index in [1.54, 1.807) is 6.26 Å². The van der Waals surface area contributed by atoms with Crippen molar-refractivity contribution in [1.29, 1.82) is 0 Å². The Morgan fingerprint density at radius 2 is 2.11 bits per heavy atom. The number of likely N-dealkylation sites (tertiary alicyclic amines) is 1. The lowest BCUT2D eigenvalue weighted by Crippen LogP contribution is -2.35. The van der Waals surface area contributed by atoms with E-state index < -0.39 is 0 Å². The summed E-state index contributed by atoms with van der Waals surface area (Å²) in [6, 6.07) is 7.80. The fraction of sp³-hybridized carbons (Fsp3) is 0.545. The molecule has 2 aromatic rings. The molecule has 4 rings (SSSR count). The van der Waals surface area contributed by atoms with Gasteiger partial charge < -0.3 is 14.5 Å². The third-order valence-electron chi connectivity index (χ3n) is 5.76. The second kappa shape index (κ2) is 8.88. The van der Waals surface area contributed by atoms with E-state index in [9.17, 15) is 4.79 Å². The molecule has 0 bridgehead atoms. The molecular formula is C22H29N3O3. The summed E-state index contributed by atoms with van der Waals surface area (Å²) < 4.78 is 11.1. The number of carbonyl (C=O) groups excluding carboxylic acids is 1. The molecule has 1 unspecified atom stereocenters. The van der Waals surface area contributed by atoms with Crippen LogP contribution in [-0.4, -0.2) is 48.1 Å². The highest BCUT2D eigenvalue weighted by Crippen LogP contribution is 2.30. The van der Waals surface area contributed by atoms with Crippen LogP contribution < -0.4 is 5.32 Å². The smallest absolute Gasteiger partial charge is 0.253 e. The Hall–Kier alpha value is -2.18. The number of hydrogen-bond donors (Lipinski definition) is 1. The summed E-state index contributed by atoms with van der Waals surface area (Å²) in [5.41, 5.74) is 2.62. The number of aryl methyl sites for hydroxylation is 1. The van der Waals surface area contributed by atoms with Crippen molar-refractivity contribution in [1.82, 2.24) is 15.2 Å². The van der Waals surface area contributed by atoms with Crippen molar-refractivity contribution < 1.29 is 13.9 Å². The first-order valence-electron chi connectivity index (χ1n) is 10.3. The standard InChI is InChI=1S/C22H29N3O3/c1-16-6-7-20(22(26)23-14-18-4-2-12-27-18)21(24-16)17-8-10-25(11-9-17)15-19-5-3-13-28-19/h3,5-7,13,17-18H,2,4,8-12,14-15H2,1H3,(H,23,26). The van der Waals surface area contributed by atoms with E-state index >= 15 is 0 Å². The van der Waals surface area contributed by atoms with Crippen LogP contribution >= 0.6 is 0 Å². The molecule has 0 spiro atoms. The lowest BCUT2D eigenvalue weighted by Gasteiger charge is -2.31.